The Morgan fingerprint density at radius 3 is 2.61 bits per heavy atom. The van der Waals surface area contributed by atoms with E-state index < -0.39 is 0 Å². The predicted octanol–water partition coefficient (Wildman–Crippen LogP) is 2.64. The summed E-state index contributed by atoms with van der Waals surface area (Å²) in [4.78, 5) is 14.8. The van der Waals surface area contributed by atoms with E-state index in [1.54, 1.807) is 7.11 Å². The lowest BCUT2D eigenvalue weighted by Crippen LogP contribution is -2.43. The number of nitrogens with one attached hydrogen (secondary N) is 1. The van der Waals surface area contributed by atoms with Crippen LogP contribution in [0.15, 0.2) is 24.3 Å². The third-order valence-corrected chi connectivity index (χ3v) is 6.12. The molecule has 2 aliphatic heterocycles. The summed E-state index contributed by atoms with van der Waals surface area (Å²) in [6, 6.07) is 8.08. The van der Waals surface area contributed by atoms with E-state index >= 15 is 0 Å². The molecule has 1 aromatic carbocycles. The van der Waals surface area contributed by atoms with Gasteiger partial charge in [0.25, 0.3) is 5.91 Å². The van der Waals surface area contributed by atoms with Crippen LogP contribution in [-0.2, 0) is 0 Å². The van der Waals surface area contributed by atoms with E-state index in [-0.39, 0.29) is 5.91 Å². The average molecular weight is 334 g/mol. The summed E-state index contributed by atoms with van der Waals surface area (Å²) in [6.45, 7) is 3.17. The van der Waals surface area contributed by atoms with Crippen molar-refractivity contribution in [3.05, 3.63) is 29.8 Å². The first-order valence-corrected chi connectivity index (χ1v) is 9.66. The van der Waals surface area contributed by atoms with Crippen LogP contribution in [0, 0.1) is 5.92 Å². The average Bonchev–Trinajstić information content (AvgIpc) is 3.15. The Kier molecular flexibility index (Phi) is 5.84. The predicted molar refractivity (Wildman–Crippen MR) is 95.4 cm³/mol. The number of benzene rings is 1. The lowest BCUT2D eigenvalue weighted by Gasteiger charge is -2.35. The monoisotopic (exact) mass is 334 g/mol. The molecule has 3 rings (SSSR count). The third-order valence-electron chi connectivity index (χ3n) is 4.97. The first-order valence-electron chi connectivity index (χ1n) is 8.50. The van der Waals surface area contributed by atoms with Gasteiger partial charge in [0.05, 0.1) is 7.11 Å². The zero-order chi connectivity index (χ0) is 16.1. The Balaban J connectivity index is 1.41. The molecule has 4 nitrogen and oxygen atoms in total. The molecule has 1 atom stereocenters. The number of methoxy groups -OCH3 is 1. The molecule has 5 heteroatoms. The van der Waals surface area contributed by atoms with Crippen LogP contribution in [0.4, 0.5) is 0 Å². The van der Waals surface area contributed by atoms with E-state index in [0.717, 1.165) is 18.3 Å². The number of ether oxygens (including phenoxy) is 1. The van der Waals surface area contributed by atoms with Crippen molar-refractivity contribution in [3.63, 3.8) is 0 Å². The minimum absolute atomic E-state index is 0.0160. The van der Waals surface area contributed by atoms with Gasteiger partial charge in [0.15, 0.2) is 0 Å². The van der Waals surface area contributed by atoms with Gasteiger partial charge in [-0.3, -0.25) is 9.69 Å². The van der Waals surface area contributed by atoms with Gasteiger partial charge in [-0.25, -0.2) is 0 Å². The van der Waals surface area contributed by atoms with Crippen molar-refractivity contribution in [1.29, 1.82) is 0 Å². The van der Waals surface area contributed by atoms with Gasteiger partial charge in [0.2, 0.25) is 0 Å². The highest BCUT2D eigenvalue weighted by atomic mass is 32.2. The molecule has 0 aliphatic carbocycles. The van der Waals surface area contributed by atoms with Gasteiger partial charge < -0.3 is 10.1 Å². The molecule has 1 aromatic rings. The van der Waals surface area contributed by atoms with Crippen molar-refractivity contribution in [3.8, 4) is 5.75 Å². The maximum Gasteiger partial charge on any atom is 0.251 e. The van der Waals surface area contributed by atoms with Crippen molar-refractivity contribution in [2.24, 2.45) is 5.92 Å². The Bertz CT molecular complexity index is 506. The standard InChI is InChI=1S/C18H26N2O2S/c1-22-17-4-2-15(3-5-17)18(21)19-12-14-6-9-20(10-7-14)16-8-11-23-13-16/h2-5,14,16H,6-13H2,1H3,(H,19,21)/t16-/m0/s1. The molecule has 2 aliphatic rings. The molecule has 0 saturated carbocycles. The van der Waals surface area contributed by atoms with E-state index in [1.165, 1.54) is 43.9 Å². The maximum atomic E-state index is 12.2. The largest absolute Gasteiger partial charge is 0.497 e. The molecule has 0 bridgehead atoms. The highest BCUT2D eigenvalue weighted by Gasteiger charge is 2.27. The Morgan fingerprint density at radius 1 is 1.26 bits per heavy atom. The van der Waals surface area contributed by atoms with Crippen LogP contribution in [0.25, 0.3) is 0 Å². The molecule has 0 unspecified atom stereocenters. The highest BCUT2D eigenvalue weighted by molar-refractivity contribution is 7.99. The van der Waals surface area contributed by atoms with Crippen molar-refractivity contribution >= 4 is 17.7 Å². The molecule has 0 aromatic heterocycles. The number of rotatable bonds is 5. The van der Waals surface area contributed by atoms with E-state index in [9.17, 15) is 4.79 Å². The third kappa shape index (κ3) is 4.42. The lowest BCUT2D eigenvalue weighted by atomic mass is 9.95. The van der Waals surface area contributed by atoms with E-state index in [2.05, 4.69) is 22.0 Å². The summed E-state index contributed by atoms with van der Waals surface area (Å²) in [7, 11) is 1.63. The number of likely N-dealkylation sites (tertiary alicyclic amines) is 1. The van der Waals surface area contributed by atoms with E-state index in [0.29, 0.717) is 11.5 Å². The molecule has 0 radical (unpaired) electrons. The number of amides is 1. The second kappa shape index (κ2) is 8.06. The van der Waals surface area contributed by atoms with Gasteiger partial charge in [-0.2, -0.15) is 11.8 Å². The summed E-state index contributed by atoms with van der Waals surface area (Å²) in [5.41, 5.74) is 0.700. The number of hydrogen-bond acceptors (Lipinski definition) is 4. The summed E-state index contributed by atoms with van der Waals surface area (Å²) in [5, 5.41) is 3.09. The van der Waals surface area contributed by atoms with Crippen LogP contribution in [0.3, 0.4) is 0 Å². The number of thioether (sulfide) groups is 1. The summed E-state index contributed by atoms with van der Waals surface area (Å²) < 4.78 is 5.12. The molecule has 2 heterocycles. The van der Waals surface area contributed by atoms with Crippen molar-refractivity contribution in [1.82, 2.24) is 10.2 Å². The van der Waals surface area contributed by atoms with Crippen LogP contribution in [0.1, 0.15) is 29.6 Å². The SMILES string of the molecule is COc1ccc(C(=O)NCC2CCN([C@H]3CCSC3)CC2)cc1. The molecule has 1 amide bonds. The smallest absolute Gasteiger partial charge is 0.251 e. The molecule has 0 spiro atoms. The van der Waals surface area contributed by atoms with Gasteiger partial charge in [0, 0.05) is 23.9 Å². The summed E-state index contributed by atoms with van der Waals surface area (Å²) >= 11 is 2.08. The molecule has 23 heavy (non-hydrogen) atoms. The number of carbonyl (C=O) groups excluding carboxylic acids is 1. The minimum Gasteiger partial charge on any atom is -0.497 e. The second-order valence-corrected chi connectivity index (χ2v) is 7.59. The zero-order valence-electron chi connectivity index (χ0n) is 13.8. The van der Waals surface area contributed by atoms with Gasteiger partial charge in [-0.05, 0) is 68.3 Å². The van der Waals surface area contributed by atoms with Crippen molar-refractivity contribution in [2.75, 3.05) is 38.2 Å². The molecule has 126 valence electrons. The van der Waals surface area contributed by atoms with Crippen LogP contribution in [0.5, 0.6) is 5.75 Å². The molecule has 2 saturated heterocycles. The fourth-order valence-corrected chi connectivity index (χ4v) is 4.67. The Labute approximate surface area is 143 Å². The van der Waals surface area contributed by atoms with Crippen LogP contribution < -0.4 is 10.1 Å². The molecule has 1 N–H and O–H groups in total. The molecule has 2 fully saturated rings. The first kappa shape index (κ1) is 16.7. The fraction of sp³-hybridized carbons (Fsp3) is 0.611. The Morgan fingerprint density at radius 2 is 2.00 bits per heavy atom. The van der Waals surface area contributed by atoms with Gasteiger partial charge in [-0.1, -0.05) is 0 Å². The fourth-order valence-electron chi connectivity index (χ4n) is 3.41. The number of hydrogen-bond donors (Lipinski definition) is 1. The highest BCUT2D eigenvalue weighted by Crippen LogP contribution is 2.26. The topological polar surface area (TPSA) is 41.6 Å². The van der Waals surface area contributed by atoms with Gasteiger partial charge >= 0.3 is 0 Å². The normalized spacial score (nSPS) is 22.9. The van der Waals surface area contributed by atoms with E-state index in [1.807, 2.05) is 24.3 Å². The van der Waals surface area contributed by atoms with Crippen LogP contribution >= 0.6 is 11.8 Å². The lowest BCUT2D eigenvalue weighted by molar-refractivity contribution is 0.0928. The van der Waals surface area contributed by atoms with Crippen molar-refractivity contribution < 1.29 is 9.53 Å². The number of piperidine rings is 1. The quantitative estimate of drug-likeness (QED) is 0.899. The van der Waals surface area contributed by atoms with Crippen molar-refractivity contribution in [2.45, 2.75) is 25.3 Å². The second-order valence-electron chi connectivity index (χ2n) is 6.44. The van der Waals surface area contributed by atoms with Gasteiger partial charge in [-0.15, -0.1) is 0 Å². The van der Waals surface area contributed by atoms with Crippen LogP contribution in [-0.4, -0.2) is 55.1 Å². The summed E-state index contributed by atoms with van der Waals surface area (Å²) in [6.07, 6.45) is 3.75. The molecular formula is C18H26N2O2S. The van der Waals surface area contributed by atoms with E-state index in [4.69, 9.17) is 4.74 Å². The minimum atomic E-state index is 0.0160. The summed E-state index contributed by atoms with van der Waals surface area (Å²) in [5.74, 6) is 4.03. The Hall–Kier alpha value is -1.20. The maximum absolute atomic E-state index is 12.2. The first-order chi connectivity index (χ1) is 11.3. The van der Waals surface area contributed by atoms with Crippen LogP contribution in [0.2, 0.25) is 0 Å². The van der Waals surface area contributed by atoms with Gasteiger partial charge in [0.1, 0.15) is 5.75 Å². The number of nitrogens with zero attached hydrogens (tertiary/aromatic N) is 1. The zero-order valence-corrected chi connectivity index (χ0v) is 14.6. The molecular weight excluding hydrogens is 308 g/mol. The number of carbonyl (C=O) groups is 1.